The highest BCUT2D eigenvalue weighted by Gasteiger charge is 2.76. The molecule has 0 aromatic rings. The van der Waals surface area contributed by atoms with Crippen LogP contribution in [0.15, 0.2) is 0 Å². The standard InChI is InChI=1S/C11H16F3NO3/c1-8(2,3)18-7(16)10-4-9(15,5-10)6(17-10)11(12,13)14/h6H,4-5,15H2,1-3H3. The van der Waals surface area contributed by atoms with E-state index >= 15 is 0 Å². The Morgan fingerprint density at radius 1 is 1.33 bits per heavy atom. The quantitative estimate of drug-likeness (QED) is 0.732. The molecule has 3 aliphatic rings. The minimum absolute atomic E-state index is 0.140. The number of nitrogens with two attached hydrogens (primary N) is 1. The van der Waals surface area contributed by atoms with Crippen molar-refractivity contribution in [1.29, 1.82) is 0 Å². The van der Waals surface area contributed by atoms with Gasteiger partial charge in [0, 0.05) is 12.8 Å². The monoisotopic (exact) mass is 267 g/mol. The van der Waals surface area contributed by atoms with Crippen molar-refractivity contribution >= 4 is 5.97 Å². The molecule has 3 rings (SSSR count). The minimum Gasteiger partial charge on any atom is -0.458 e. The van der Waals surface area contributed by atoms with Crippen LogP contribution >= 0.6 is 0 Å². The molecular formula is C11H16F3NO3. The number of carbonyl (C=O) groups is 1. The first-order chi connectivity index (χ1) is 7.88. The minimum atomic E-state index is -4.56. The first kappa shape index (κ1) is 13.6. The van der Waals surface area contributed by atoms with Gasteiger partial charge in [-0.25, -0.2) is 4.79 Å². The first-order valence-corrected chi connectivity index (χ1v) is 5.65. The summed E-state index contributed by atoms with van der Waals surface area (Å²) in [6.45, 7) is 4.93. The van der Waals surface area contributed by atoms with Crippen LogP contribution in [0.3, 0.4) is 0 Å². The summed E-state index contributed by atoms with van der Waals surface area (Å²) in [7, 11) is 0. The van der Waals surface area contributed by atoms with Crippen molar-refractivity contribution in [2.45, 2.75) is 62.6 Å². The van der Waals surface area contributed by atoms with E-state index in [1.54, 1.807) is 20.8 Å². The van der Waals surface area contributed by atoms with Crippen LogP contribution in [0, 0.1) is 0 Å². The van der Waals surface area contributed by atoms with Crippen LogP contribution in [0.5, 0.6) is 0 Å². The van der Waals surface area contributed by atoms with E-state index < -0.39 is 35.0 Å². The number of carbonyl (C=O) groups excluding carboxylic acids is 1. The maximum atomic E-state index is 12.7. The molecule has 0 amide bonds. The molecule has 0 aromatic carbocycles. The molecule has 3 fully saturated rings. The summed E-state index contributed by atoms with van der Waals surface area (Å²) < 4.78 is 48.0. The van der Waals surface area contributed by atoms with E-state index in [4.69, 9.17) is 15.2 Å². The number of fused-ring (bicyclic) bond motifs is 1. The molecule has 2 N–H and O–H groups in total. The van der Waals surface area contributed by atoms with Crippen molar-refractivity contribution in [2.75, 3.05) is 0 Å². The Morgan fingerprint density at radius 2 is 1.83 bits per heavy atom. The normalized spacial score (nSPS) is 39.4. The Hall–Kier alpha value is -0.820. The Balaban J connectivity index is 2.13. The third-order valence-electron chi connectivity index (χ3n) is 3.16. The maximum Gasteiger partial charge on any atom is 0.416 e. The summed E-state index contributed by atoms with van der Waals surface area (Å²) in [4.78, 5) is 11.9. The number of ether oxygens (including phenoxy) is 2. The van der Waals surface area contributed by atoms with Gasteiger partial charge in [-0.15, -0.1) is 0 Å². The van der Waals surface area contributed by atoms with Gasteiger partial charge in [-0.1, -0.05) is 0 Å². The van der Waals surface area contributed by atoms with E-state index in [1.165, 1.54) is 0 Å². The Kier molecular flexibility index (Phi) is 2.56. The number of rotatable bonds is 1. The van der Waals surface area contributed by atoms with Crippen LogP contribution in [0.4, 0.5) is 13.2 Å². The lowest BCUT2D eigenvalue weighted by Crippen LogP contribution is -2.62. The fourth-order valence-corrected chi connectivity index (χ4v) is 2.58. The third kappa shape index (κ3) is 1.99. The van der Waals surface area contributed by atoms with Gasteiger partial charge in [0.1, 0.15) is 5.60 Å². The second-order valence-electron chi connectivity index (χ2n) is 6.12. The third-order valence-corrected chi connectivity index (χ3v) is 3.16. The van der Waals surface area contributed by atoms with Crippen LogP contribution in [-0.2, 0) is 14.3 Å². The summed E-state index contributed by atoms with van der Waals surface area (Å²) in [5.74, 6) is -0.761. The van der Waals surface area contributed by atoms with Gasteiger partial charge in [0.25, 0.3) is 0 Å². The Morgan fingerprint density at radius 3 is 2.17 bits per heavy atom. The van der Waals surface area contributed by atoms with Crippen LogP contribution < -0.4 is 5.73 Å². The van der Waals surface area contributed by atoms with Crippen molar-refractivity contribution in [3.8, 4) is 0 Å². The number of halogens is 3. The zero-order valence-electron chi connectivity index (χ0n) is 10.4. The molecular weight excluding hydrogens is 251 g/mol. The molecule has 2 aliphatic heterocycles. The molecule has 18 heavy (non-hydrogen) atoms. The predicted molar refractivity (Wildman–Crippen MR) is 55.7 cm³/mol. The highest BCUT2D eigenvalue weighted by atomic mass is 19.4. The van der Waals surface area contributed by atoms with Crippen molar-refractivity contribution in [3.63, 3.8) is 0 Å². The van der Waals surface area contributed by atoms with Crippen LogP contribution in [-0.4, -0.2) is 35.0 Å². The van der Waals surface area contributed by atoms with Gasteiger partial charge in [-0.2, -0.15) is 13.2 Å². The molecule has 1 aliphatic carbocycles. The largest absolute Gasteiger partial charge is 0.458 e. The molecule has 1 atom stereocenters. The molecule has 1 unspecified atom stereocenters. The molecule has 0 radical (unpaired) electrons. The molecule has 2 bridgehead atoms. The zero-order chi connectivity index (χ0) is 14.0. The average Bonchev–Trinajstić information content (AvgIpc) is 2.49. The van der Waals surface area contributed by atoms with E-state index in [-0.39, 0.29) is 12.8 Å². The number of hydrogen-bond acceptors (Lipinski definition) is 4. The number of esters is 1. The van der Waals surface area contributed by atoms with Gasteiger partial charge < -0.3 is 15.2 Å². The fourth-order valence-electron chi connectivity index (χ4n) is 2.58. The van der Waals surface area contributed by atoms with Crippen molar-refractivity contribution in [3.05, 3.63) is 0 Å². The Labute approximate surface area is 103 Å². The topological polar surface area (TPSA) is 61.5 Å². The van der Waals surface area contributed by atoms with Gasteiger partial charge in [-0.3, -0.25) is 0 Å². The van der Waals surface area contributed by atoms with Gasteiger partial charge in [0.15, 0.2) is 11.7 Å². The summed E-state index contributed by atoms with van der Waals surface area (Å²) in [5.41, 5.74) is 1.84. The summed E-state index contributed by atoms with van der Waals surface area (Å²) in [5, 5.41) is 0. The lowest BCUT2D eigenvalue weighted by atomic mass is 9.66. The fraction of sp³-hybridized carbons (Fsp3) is 0.909. The van der Waals surface area contributed by atoms with Gasteiger partial charge in [-0.05, 0) is 20.8 Å². The molecule has 0 spiro atoms. The number of hydrogen-bond donors (Lipinski definition) is 1. The molecule has 4 nitrogen and oxygen atoms in total. The smallest absolute Gasteiger partial charge is 0.416 e. The summed E-state index contributed by atoms with van der Waals surface area (Å²) in [6.07, 6.45) is -6.93. The van der Waals surface area contributed by atoms with Crippen LogP contribution in [0.25, 0.3) is 0 Å². The molecule has 0 aromatic heterocycles. The second kappa shape index (κ2) is 3.39. The summed E-state index contributed by atoms with van der Waals surface area (Å²) >= 11 is 0. The highest BCUT2D eigenvalue weighted by molar-refractivity contribution is 5.83. The lowest BCUT2D eigenvalue weighted by molar-refractivity contribution is -0.223. The van der Waals surface area contributed by atoms with Crippen molar-refractivity contribution in [1.82, 2.24) is 0 Å². The SMILES string of the molecule is CC(C)(C)OC(=O)C12CC(N)(C1)C(C(F)(F)F)O2. The first-order valence-electron chi connectivity index (χ1n) is 5.65. The van der Waals surface area contributed by atoms with Crippen LogP contribution in [0.1, 0.15) is 33.6 Å². The van der Waals surface area contributed by atoms with Crippen molar-refractivity contribution < 1.29 is 27.4 Å². The lowest BCUT2D eigenvalue weighted by Gasteiger charge is -2.41. The maximum absolute atomic E-state index is 12.7. The van der Waals surface area contributed by atoms with E-state index in [1.807, 2.05) is 0 Å². The van der Waals surface area contributed by atoms with Crippen molar-refractivity contribution in [2.24, 2.45) is 5.73 Å². The Bertz CT molecular complexity index is 380. The average molecular weight is 267 g/mol. The second-order valence-corrected chi connectivity index (χ2v) is 6.12. The van der Waals surface area contributed by atoms with Gasteiger partial charge in [0.05, 0.1) is 5.54 Å². The number of alkyl halides is 3. The molecule has 7 heteroatoms. The molecule has 1 saturated carbocycles. The van der Waals surface area contributed by atoms with E-state index in [0.29, 0.717) is 0 Å². The van der Waals surface area contributed by atoms with Crippen LogP contribution in [0.2, 0.25) is 0 Å². The molecule has 104 valence electrons. The molecule has 2 heterocycles. The van der Waals surface area contributed by atoms with E-state index in [9.17, 15) is 18.0 Å². The van der Waals surface area contributed by atoms with Gasteiger partial charge in [0.2, 0.25) is 0 Å². The molecule has 2 saturated heterocycles. The van der Waals surface area contributed by atoms with Gasteiger partial charge >= 0.3 is 12.1 Å². The van der Waals surface area contributed by atoms with E-state index in [0.717, 1.165) is 0 Å². The zero-order valence-corrected chi connectivity index (χ0v) is 10.4. The predicted octanol–water partition coefficient (Wildman–Crippen LogP) is 1.52. The van der Waals surface area contributed by atoms with E-state index in [2.05, 4.69) is 0 Å². The summed E-state index contributed by atoms with van der Waals surface area (Å²) in [6, 6.07) is 0. The highest BCUT2D eigenvalue weighted by Crippen LogP contribution is 2.58.